The molecular weight excluding hydrogens is 385 g/mol. The fourth-order valence-electron chi connectivity index (χ4n) is 2.06. The van der Waals surface area contributed by atoms with Crippen LogP contribution in [0.15, 0.2) is 34.7 Å². The normalized spacial score (nSPS) is 11.6. The molecule has 0 aliphatic carbocycles. The summed E-state index contributed by atoms with van der Waals surface area (Å²) >= 11 is 2.17. The first-order valence-corrected chi connectivity index (χ1v) is 9.65. The highest BCUT2D eigenvalue weighted by molar-refractivity contribution is 8.01. The van der Waals surface area contributed by atoms with E-state index < -0.39 is 12.7 Å². The van der Waals surface area contributed by atoms with Crippen molar-refractivity contribution in [3.63, 3.8) is 0 Å². The van der Waals surface area contributed by atoms with Crippen LogP contribution in [0.2, 0.25) is 0 Å². The van der Waals surface area contributed by atoms with Crippen LogP contribution in [0.5, 0.6) is 0 Å². The summed E-state index contributed by atoms with van der Waals surface area (Å²) in [6, 6.07) is 9.70. The molecule has 142 valence electrons. The number of rotatable bonds is 8. The summed E-state index contributed by atoms with van der Waals surface area (Å²) < 4.78 is 37.0. The number of hydrogen-bond donors (Lipinski definition) is 1. The molecule has 0 unspecified atom stereocenters. The molecule has 1 aromatic carbocycles. The number of thioether (sulfide) groups is 1. The summed E-state index contributed by atoms with van der Waals surface area (Å²) in [5.74, 6) is 0.0905. The third-order valence-electron chi connectivity index (χ3n) is 3.31. The second-order valence-electron chi connectivity index (χ2n) is 5.73. The van der Waals surface area contributed by atoms with Gasteiger partial charge in [-0.25, -0.2) is 0 Å². The number of hydrogen-bond acceptors (Lipinski definition) is 6. The first kappa shape index (κ1) is 20.5. The van der Waals surface area contributed by atoms with Gasteiger partial charge in [0.1, 0.15) is 6.54 Å². The minimum Gasteiger partial charge on any atom is -0.351 e. The highest BCUT2D eigenvalue weighted by atomic mass is 32.2. The van der Waals surface area contributed by atoms with Crippen LogP contribution in [0.1, 0.15) is 19.4 Å². The van der Waals surface area contributed by atoms with E-state index in [-0.39, 0.29) is 22.8 Å². The van der Waals surface area contributed by atoms with Crippen molar-refractivity contribution in [1.82, 2.24) is 15.1 Å². The van der Waals surface area contributed by atoms with Crippen molar-refractivity contribution in [3.8, 4) is 0 Å². The van der Waals surface area contributed by atoms with Crippen molar-refractivity contribution in [1.29, 1.82) is 0 Å². The fourth-order valence-corrected chi connectivity index (χ4v) is 3.69. The van der Waals surface area contributed by atoms with E-state index in [2.05, 4.69) is 15.5 Å². The number of alkyl halides is 3. The van der Waals surface area contributed by atoms with E-state index in [0.717, 1.165) is 16.9 Å². The molecule has 26 heavy (non-hydrogen) atoms. The summed E-state index contributed by atoms with van der Waals surface area (Å²) in [6.07, 6.45) is -4.32. The Morgan fingerprint density at radius 1 is 1.27 bits per heavy atom. The third kappa shape index (κ3) is 6.83. The molecule has 0 fully saturated rings. The number of halogens is 3. The summed E-state index contributed by atoms with van der Waals surface area (Å²) in [5.41, 5.74) is 1.04. The first-order valence-electron chi connectivity index (χ1n) is 7.85. The van der Waals surface area contributed by atoms with Crippen molar-refractivity contribution in [2.24, 2.45) is 0 Å². The number of nitrogens with one attached hydrogen (secondary N) is 1. The number of nitrogens with zero attached hydrogens (tertiary/aromatic N) is 3. The molecule has 0 saturated carbocycles. The predicted molar refractivity (Wildman–Crippen MR) is 97.3 cm³/mol. The molecule has 1 N–H and O–H groups in total. The van der Waals surface area contributed by atoms with Crippen molar-refractivity contribution in [2.45, 2.75) is 37.0 Å². The van der Waals surface area contributed by atoms with E-state index >= 15 is 0 Å². The Kier molecular flexibility index (Phi) is 7.27. The van der Waals surface area contributed by atoms with Crippen molar-refractivity contribution < 1.29 is 18.0 Å². The Hall–Kier alpha value is -1.81. The smallest absolute Gasteiger partial charge is 0.351 e. The number of carbonyl (C=O) groups is 1. The molecule has 2 rings (SSSR count). The summed E-state index contributed by atoms with van der Waals surface area (Å²) in [6.45, 7) is 3.22. The van der Waals surface area contributed by atoms with E-state index in [1.54, 1.807) is 4.90 Å². The van der Waals surface area contributed by atoms with Crippen molar-refractivity contribution in [2.75, 3.05) is 17.6 Å². The van der Waals surface area contributed by atoms with Gasteiger partial charge in [0.25, 0.3) is 0 Å². The zero-order valence-electron chi connectivity index (χ0n) is 14.3. The molecule has 0 aliphatic heterocycles. The SMILES string of the molecule is CC(C)N(Cc1ccccc1)C(=O)CSc1nnc(NCC(F)(F)F)s1. The van der Waals surface area contributed by atoms with Gasteiger partial charge in [0, 0.05) is 12.6 Å². The quantitative estimate of drug-likeness (QED) is 0.673. The number of benzene rings is 1. The molecule has 0 radical (unpaired) electrons. The molecule has 5 nitrogen and oxygen atoms in total. The summed E-state index contributed by atoms with van der Waals surface area (Å²) in [5, 5.41) is 9.73. The van der Waals surface area contributed by atoms with Crippen LogP contribution < -0.4 is 5.32 Å². The second-order valence-corrected chi connectivity index (χ2v) is 7.93. The third-order valence-corrected chi connectivity index (χ3v) is 5.30. The highest BCUT2D eigenvalue weighted by Gasteiger charge is 2.27. The molecule has 1 amide bonds. The number of anilines is 1. The zero-order valence-corrected chi connectivity index (χ0v) is 15.9. The molecule has 1 heterocycles. The fraction of sp³-hybridized carbons (Fsp3) is 0.438. The Morgan fingerprint density at radius 3 is 2.58 bits per heavy atom. The van der Waals surface area contributed by atoms with Gasteiger partial charge in [-0.3, -0.25) is 4.79 Å². The highest BCUT2D eigenvalue weighted by Crippen LogP contribution is 2.27. The number of amides is 1. The van der Waals surface area contributed by atoms with Crippen LogP contribution in [0, 0.1) is 0 Å². The second kappa shape index (κ2) is 9.22. The van der Waals surface area contributed by atoms with Crippen LogP contribution in [0.25, 0.3) is 0 Å². The largest absolute Gasteiger partial charge is 0.405 e. The van der Waals surface area contributed by atoms with Gasteiger partial charge in [-0.15, -0.1) is 10.2 Å². The lowest BCUT2D eigenvalue weighted by Crippen LogP contribution is -2.37. The van der Waals surface area contributed by atoms with Crippen LogP contribution in [-0.2, 0) is 11.3 Å². The topological polar surface area (TPSA) is 58.1 Å². The van der Waals surface area contributed by atoms with Crippen LogP contribution in [0.3, 0.4) is 0 Å². The average Bonchev–Trinajstić information content (AvgIpc) is 3.04. The molecule has 0 atom stereocenters. The van der Waals surface area contributed by atoms with Gasteiger partial charge in [0.2, 0.25) is 11.0 Å². The Labute approximate surface area is 158 Å². The summed E-state index contributed by atoms with van der Waals surface area (Å²) in [4.78, 5) is 14.3. The van der Waals surface area contributed by atoms with E-state index in [1.165, 1.54) is 11.8 Å². The number of carbonyl (C=O) groups excluding carboxylic acids is 1. The minimum atomic E-state index is -4.32. The van der Waals surface area contributed by atoms with Crippen molar-refractivity contribution in [3.05, 3.63) is 35.9 Å². The lowest BCUT2D eigenvalue weighted by atomic mass is 10.2. The standard InChI is InChI=1S/C16H19F3N4OS2/c1-11(2)23(8-12-6-4-3-5-7-12)13(24)9-25-15-22-21-14(26-15)20-10-16(17,18)19/h3-7,11H,8-10H2,1-2H3,(H,20,21). The predicted octanol–water partition coefficient (Wildman–Crippen LogP) is 4.04. The average molecular weight is 404 g/mol. The molecule has 10 heteroatoms. The molecule has 1 aromatic heterocycles. The Bertz CT molecular complexity index is 707. The molecule has 2 aromatic rings. The van der Waals surface area contributed by atoms with Gasteiger partial charge < -0.3 is 10.2 Å². The van der Waals surface area contributed by atoms with Gasteiger partial charge in [0.05, 0.1) is 5.75 Å². The lowest BCUT2D eigenvalue weighted by molar-refractivity contribution is -0.130. The maximum Gasteiger partial charge on any atom is 0.405 e. The Balaban J connectivity index is 1.88. The molecular formula is C16H19F3N4OS2. The van der Waals surface area contributed by atoms with Gasteiger partial charge in [0.15, 0.2) is 4.34 Å². The van der Waals surface area contributed by atoms with Gasteiger partial charge in [-0.2, -0.15) is 13.2 Å². The Morgan fingerprint density at radius 2 is 1.96 bits per heavy atom. The van der Waals surface area contributed by atoms with Crippen LogP contribution in [-0.4, -0.2) is 45.5 Å². The van der Waals surface area contributed by atoms with E-state index in [0.29, 0.717) is 10.9 Å². The maximum absolute atomic E-state index is 12.5. The maximum atomic E-state index is 12.5. The summed E-state index contributed by atoms with van der Waals surface area (Å²) in [7, 11) is 0. The molecule has 0 saturated heterocycles. The van der Waals surface area contributed by atoms with Gasteiger partial charge >= 0.3 is 6.18 Å². The molecule has 0 aliphatic rings. The monoisotopic (exact) mass is 404 g/mol. The van der Waals surface area contributed by atoms with Gasteiger partial charge in [-0.05, 0) is 19.4 Å². The zero-order chi connectivity index (χ0) is 19.2. The van der Waals surface area contributed by atoms with E-state index in [9.17, 15) is 18.0 Å². The van der Waals surface area contributed by atoms with E-state index in [4.69, 9.17) is 0 Å². The first-order chi connectivity index (χ1) is 12.2. The van der Waals surface area contributed by atoms with Crippen molar-refractivity contribution >= 4 is 34.1 Å². The van der Waals surface area contributed by atoms with Crippen LogP contribution in [0.4, 0.5) is 18.3 Å². The van der Waals surface area contributed by atoms with Gasteiger partial charge in [-0.1, -0.05) is 53.4 Å². The van der Waals surface area contributed by atoms with E-state index in [1.807, 2.05) is 44.2 Å². The van der Waals surface area contributed by atoms with Crippen LogP contribution >= 0.6 is 23.1 Å². The molecule has 0 spiro atoms. The number of aromatic nitrogens is 2. The molecule has 0 bridgehead atoms. The minimum absolute atomic E-state index is 0.0294. The lowest BCUT2D eigenvalue weighted by Gasteiger charge is -2.26.